The zero-order chi connectivity index (χ0) is 9.97. The maximum Gasteiger partial charge on any atom is 0.244 e. The van der Waals surface area contributed by atoms with Crippen molar-refractivity contribution in [2.45, 2.75) is 26.3 Å². The van der Waals surface area contributed by atoms with Crippen LogP contribution in [0.5, 0.6) is 0 Å². The van der Waals surface area contributed by atoms with Crippen LogP contribution >= 0.6 is 0 Å². The van der Waals surface area contributed by atoms with Gasteiger partial charge in [0.1, 0.15) is 0 Å². The van der Waals surface area contributed by atoms with Gasteiger partial charge in [-0.15, -0.1) is 0 Å². The lowest BCUT2D eigenvalue weighted by Crippen LogP contribution is -3.00. The molecule has 0 aliphatic heterocycles. The Labute approximate surface area is 101 Å². The van der Waals surface area contributed by atoms with Gasteiger partial charge < -0.3 is 17.0 Å². The Morgan fingerprint density at radius 2 is 2.00 bits per heavy atom. The molecular formula is C12H17BrN2. The summed E-state index contributed by atoms with van der Waals surface area (Å²) < 4.78 is 4.52. The van der Waals surface area contributed by atoms with E-state index in [1.54, 1.807) is 0 Å². The van der Waals surface area contributed by atoms with Crippen LogP contribution in [0.25, 0.3) is 11.0 Å². The number of fused-ring (bicyclic) bond motifs is 1. The molecule has 1 aromatic heterocycles. The lowest BCUT2D eigenvalue weighted by molar-refractivity contribution is -0.672. The summed E-state index contributed by atoms with van der Waals surface area (Å²) in [4.78, 5) is 0. The fourth-order valence-corrected chi connectivity index (χ4v) is 1.85. The number of hydrogen-bond donors (Lipinski definition) is 0. The normalized spacial score (nSPS) is 10.3. The van der Waals surface area contributed by atoms with Crippen LogP contribution in [0, 0.1) is 0 Å². The average molecular weight is 269 g/mol. The third-order valence-corrected chi connectivity index (χ3v) is 2.64. The number of halogens is 1. The van der Waals surface area contributed by atoms with Gasteiger partial charge in [0.2, 0.25) is 6.33 Å². The van der Waals surface area contributed by atoms with Gasteiger partial charge in [0, 0.05) is 0 Å². The molecule has 2 nitrogen and oxygen atoms in total. The SMILES string of the molecule is CCCC[n+]1cn(C)c2ccccc21.[Br-]. The van der Waals surface area contributed by atoms with Crippen LogP contribution in [-0.2, 0) is 13.6 Å². The summed E-state index contributed by atoms with van der Waals surface area (Å²) in [6.07, 6.45) is 4.68. The molecule has 0 unspecified atom stereocenters. The van der Waals surface area contributed by atoms with E-state index < -0.39 is 0 Å². The Kier molecular flexibility index (Phi) is 4.33. The predicted octanol–water partition coefficient (Wildman–Crippen LogP) is -0.730. The van der Waals surface area contributed by atoms with E-state index in [1.807, 2.05) is 0 Å². The molecule has 0 fully saturated rings. The van der Waals surface area contributed by atoms with Crippen LogP contribution in [0.3, 0.4) is 0 Å². The molecule has 0 amide bonds. The Balaban J connectivity index is 0.00000112. The van der Waals surface area contributed by atoms with Gasteiger partial charge in [-0.1, -0.05) is 25.5 Å². The van der Waals surface area contributed by atoms with Gasteiger partial charge in [-0.25, -0.2) is 9.13 Å². The molecule has 2 rings (SSSR count). The average Bonchev–Trinajstić information content (AvgIpc) is 2.54. The molecule has 0 radical (unpaired) electrons. The summed E-state index contributed by atoms with van der Waals surface area (Å²) in [5.41, 5.74) is 2.65. The number of nitrogens with zero attached hydrogens (tertiary/aromatic N) is 2. The van der Waals surface area contributed by atoms with E-state index in [-0.39, 0.29) is 17.0 Å². The summed E-state index contributed by atoms with van der Waals surface area (Å²) >= 11 is 0. The summed E-state index contributed by atoms with van der Waals surface area (Å²) in [5, 5.41) is 0. The lowest BCUT2D eigenvalue weighted by atomic mass is 10.3. The Bertz CT molecular complexity index is 434. The van der Waals surface area contributed by atoms with Crippen LogP contribution < -0.4 is 21.5 Å². The standard InChI is InChI=1S/C12H17N2.BrH/c1-3-4-9-14-10-13(2)11-7-5-6-8-12(11)14;/h5-8,10H,3-4,9H2,1-2H3;1H/q+1;/p-1. The predicted molar refractivity (Wildman–Crippen MR) is 58.0 cm³/mol. The van der Waals surface area contributed by atoms with Crippen molar-refractivity contribution in [1.29, 1.82) is 0 Å². The third-order valence-electron chi connectivity index (χ3n) is 2.64. The van der Waals surface area contributed by atoms with E-state index >= 15 is 0 Å². The van der Waals surface area contributed by atoms with Crippen LogP contribution in [0.1, 0.15) is 19.8 Å². The fraction of sp³-hybridized carbons (Fsp3) is 0.417. The van der Waals surface area contributed by atoms with Crippen LogP contribution in [-0.4, -0.2) is 4.57 Å². The molecule has 0 bridgehead atoms. The van der Waals surface area contributed by atoms with Gasteiger partial charge in [0.15, 0.2) is 11.0 Å². The number of aryl methyl sites for hydroxylation is 2. The monoisotopic (exact) mass is 268 g/mol. The first-order valence-corrected chi connectivity index (χ1v) is 5.26. The molecule has 0 aliphatic carbocycles. The maximum absolute atomic E-state index is 2.33. The van der Waals surface area contributed by atoms with Gasteiger partial charge >= 0.3 is 0 Å². The van der Waals surface area contributed by atoms with Crippen molar-refractivity contribution in [1.82, 2.24) is 4.57 Å². The molecule has 0 saturated heterocycles. The second-order valence-corrected chi connectivity index (χ2v) is 3.76. The smallest absolute Gasteiger partial charge is 0.244 e. The Hall–Kier alpha value is -0.830. The maximum atomic E-state index is 2.33. The highest BCUT2D eigenvalue weighted by molar-refractivity contribution is 5.71. The number of unbranched alkanes of at least 4 members (excludes halogenated alkanes) is 1. The van der Waals surface area contributed by atoms with Crippen LogP contribution in [0.15, 0.2) is 30.6 Å². The lowest BCUT2D eigenvalue weighted by Gasteiger charge is -1.94. The summed E-state index contributed by atoms with van der Waals surface area (Å²) in [7, 11) is 2.10. The van der Waals surface area contributed by atoms with Gasteiger partial charge in [-0.05, 0) is 18.6 Å². The molecule has 0 saturated carbocycles. The summed E-state index contributed by atoms with van der Waals surface area (Å²) in [6.45, 7) is 3.35. The van der Waals surface area contributed by atoms with Crippen molar-refractivity contribution < 1.29 is 21.5 Å². The van der Waals surface area contributed by atoms with Crippen molar-refractivity contribution in [3.05, 3.63) is 30.6 Å². The minimum atomic E-state index is 0. The van der Waals surface area contributed by atoms with Gasteiger partial charge in [-0.3, -0.25) is 0 Å². The molecule has 15 heavy (non-hydrogen) atoms. The molecule has 3 heteroatoms. The first-order chi connectivity index (χ1) is 6.83. The number of rotatable bonds is 3. The van der Waals surface area contributed by atoms with E-state index in [2.05, 4.69) is 53.7 Å². The second-order valence-electron chi connectivity index (χ2n) is 3.76. The molecule has 1 aromatic carbocycles. The first-order valence-electron chi connectivity index (χ1n) is 5.26. The van der Waals surface area contributed by atoms with Crippen LogP contribution in [0.4, 0.5) is 0 Å². The number of para-hydroxylation sites is 2. The highest BCUT2D eigenvalue weighted by atomic mass is 79.9. The molecule has 0 aliphatic rings. The Morgan fingerprint density at radius 1 is 1.27 bits per heavy atom. The van der Waals surface area contributed by atoms with Gasteiger partial charge in [-0.2, -0.15) is 0 Å². The van der Waals surface area contributed by atoms with Crippen molar-refractivity contribution in [3.63, 3.8) is 0 Å². The highest BCUT2D eigenvalue weighted by Gasteiger charge is 2.10. The molecular weight excluding hydrogens is 252 g/mol. The van der Waals surface area contributed by atoms with Gasteiger partial charge in [0.05, 0.1) is 13.6 Å². The van der Waals surface area contributed by atoms with Gasteiger partial charge in [0.25, 0.3) is 0 Å². The summed E-state index contributed by atoms with van der Waals surface area (Å²) in [5.74, 6) is 0. The fourth-order valence-electron chi connectivity index (χ4n) is 1.85. The van der Waals surface area contributed by atoms with E-state index in [0.717, 1.165) is 6.54 Å². The minimum absolute atomic E-state index is 0. The molecule has 0 atom stereocenters. The van der Waals surface area contributed by atoms with Crippen molar-refractivity contribution in [2.75, 3.05) is 0 Å². The molecule has 0 spiro atoms. The second kappa shape index (κ2) is 5.31. The molecule has 1 heterocycles. The van der Waals surface area contributed by atoms with E-state index in [9.17, 15) is 0 Å². The summed E-state index contributed by atoms with van der Waals surface area (Å²) in [6, 6.07) is 8.54. The highest BCUT2D eigenvalue weighted by Crippen LogP contribution is 2.08. The molecule has 82 valence electrons. The molecule has 2 aromatic rings. The number of benzene rings is 1. The molecule has 0 N–H and O–H groups in total. The van der Waals surface area contributed by atoms with E-state index in [1.165, 1.54) is 23.9 Å². The number of imidazole rings is 1. The topological polar surface area (TPSA) is 8.81 Å². The third kappa shape index (κ3) is 2.40. The quantitative estimate of drug-likeness (QED) is 0.650. The van der Waals surface area contributed by atoms with Crippen LogP contribution in [0.2, 0.25) is 0 Å². The number of hydrogen-bond acceptors (Lipinski definition) is 0. The van der Waals surface area contributed by atoms with E-state index in [0.29, 0.717) is 0 Å². The zero-order valence-corrected chi connectivity index (χ0v) is 10.9. The van der Waals surface area contributed by atoms with E-state index in [4.69, 9.17) is 0 Å². The largest absolute Gasteiger partial charge is 1.00 e. The zero-order valence-electron chi connectivity index (χ0n) is 9.28. The van der Waals surface area contributed by atoms with Crippen molar-refractivity contribution in [2.24, 2.45) is 7.05 Å². The number of aromatic nitrogens is 2. The van der Waals surface area contributed by atoms with Crippen molar-refractivity contribution >= 4 is 11.0 Å². The minimum Gasteiger partial charge on any atom is -1.00 e. The Morgan fingerprint density at radius 3 is 2.73 bits per heavy atom. The first kappa shape index (κ1) is 12.2. The van der Waals surface area contributed by atoms with Crippen molar-refractivity contribution in [3.8, 4) is 0 Å².